The largest absolute Gasteiger partial charge is 0.340 e. The Morgan fingerprint density at radius 2 is 1.95 bits per heavy atom. The number of hydrogen-bond acceptors (Lipinski definition) is 4. The molecular formula is C15H15N3S. The van der Waals surface area contributed by atoms with Crippen LogP contribution >= 0.6 is 11.3 Å². The van der Waals surface area contributed by atoms with Gasteiger partial charge in [0.25, 0.3) is 0 Å². The smallest absolute Gasteiger partial charge is 0.142 e. The molecule has 1 N–H and O–H groups in total. The Hall–Kier alpha value is -1.94. The molecule has 0 spiro atoms. The van der Waals surface area contributed by atoms with Gasteiger partial charge in [0.1, 0.15) is 17.0 Å². The second-order valence-corrected chi connectivity index (χ2v) is 5.88. The molecule has 19 heavy (non-hydrogen) atoms. The van der Waals surface area contributed by atoms with Gasteiger partial charge in [-0.1, -0.05) is 12.1 Å². The number of thiophene rings is 1. The molecule has 0 aliphatic heterocycles. The maximum absolute atomic E-state index is 4.39. The van der Waals surface area contributed by atoms with Gasteiger partial charge in [-0.2, -0.15) is 0 Å². The zero-order valence-electron chi connectivity index (χ0n) is 11.2. The van der Waals surface area contributed by atoms with Gasteiger partial charge in [-0.3, -0.25) is 0 Å². The SMILES string of the molecule is Cc1cccc(Nc2ncnc3sc(C)c(C)c23)c1. The third-order valence-electron chi connectivity index (χ3n) is 3.25. The van der Waals surface area contributed by atoms with E-state index in [-0.39, 0.29) is 0 Å². The van der Waals surface area contributed by atoms with Crippen molar-refractivity contribution in [1.82, 2.24) is 9.97 Å². The number of fused-ring (bicyclic) bond motifs is 1. The molecule has 1 aromatic carbocycles. The molecule has 2 aromatic heterocycles. The van der Waals surface area contributed by atoms with E-state index in [0.717, 1.165) is 21.7 Å². The molecule has 0 amide bonds. The molecule has 4 heteroatoms. The van der Waals surface area contributed by atoms with Crippen LogP contribution in [0.5, 0.6) is 0 Å². The number of anilines is 2. The third-order valence-corrected chi connectivity index (χ3v) is 4.36. The molecule has 0 fully saturated rings. The van der Waals surface area contributed by atoms with Gasteiger partial charge in [0, 0.05) is 10.6 Å². The Labute approximate surface area is 116 Å². The van der Waals surface area contributed by atoms with Crippen LogP contribution in [0.15, 0.2) is 30.6 Å². The van der Waals surface area contributed by atoms with Gasteiger partial charge in [0.05, 0.1) is 5.39 Å². The quantitative estimate of drug-likeness (QED) is 0.751. The topological polar surface area (TPSA) is 37.8 Å². The second kappa shape index (κ2) is 4.63. The lowest BCUT2D eigenvalue weighted by atomic mass is 10.2. The molecule has 0 aliphatic rings. The Bertz CT molecular complexity index is 746. The van der Waals surface area contributed by atoms with Crippen LogP contribution in [0.1, 0.15) is 16.0 Å². The minimum absolute atomic E-state index is 0.887. The van der Waals surface area contributed by atoms with Crippen molar-refractivity contribution >= 4 is 33.1 Å². The number of benzene rings is 1. The minimum atomic E-state index is 0.887. The highest BCUT2D eigenvalue weighted by molar-refractivity contribution is 7.18. The third kappa shape index (κ3) is 2.19. The van der Waals surface area contributed by atoms with Crippen LogP contribution in [0.4, 0.5) is 11.5 Å². The first-order valence-electron chi connectivity index (χ1n) is 6.19. The summed E-state index contributed by atoms with van der Waals surface area (Å²) in [6.07, 6.45) is 1.62. The Morgan fingerprint density at radius 1 is 1.11 bits per heavy atom. The number of aryl methyl sites for hydroxylation is 3. The average Bonchev–Trinajstić information content (AvgIpc) is 2.66. The number of nitrogens with zero attached hydrogens (tertiary/aromatic N) is 2. The normalized spacial score (nSPS) is 10.9. The van der Waals surface area contributed by atoms with Crippen molar-refractivity contribution in [2.75, 3.05) is 5.32 Å². The van der Waals surface area contributed by atoms with Crippen molar-refractivity contribution in [1.29, 1.82) is 0 Å². The van der Waals surface area contributed by atoms with Crippen molar-refractivity contribution in [3.63, 3.8) is 0 Å². The summed E-state index contributed by atoms with van der Waals surface area (Å²) in [6.45, 7) is 6.33. The Kier molecular flexibility index (Phi) is 2.95. The summed E-state index contributed by atoms with van der Waals surface area (Å²) in [5.74, 6) is 0.887. The molecule has 0 atom stereocenters. The van der Waals surface area contributed by atoms with E-state index in [2.05, 4.69) is 54.3 Å². The summed E-state index contributed by atoms with van der Waals surface area (Å²) in [5, 5.41) is 4.53. The van der Waals surface area contributed by atoms with Crippen molar-refractivity contribution < 1.29 is 0 Å². The van der Waals surface area contributed by atoms with Crippen molar-refractivity contribution in [3.8, 4) is 0 Å². The molecule has 2 heterocycles. The molecule has 0 unspecified atom stereocenters. The summed E-state index contributed by atoms with van der Waals surface area (Å²) in [7, 11) is 0. The number of rotatable bonds is 2. The van der Waals surface area contributed by atoms with Gasteiger partial charge < -0.3 is 5.32 Å². The maximum Gasteiger partial charge on any atom is 0.142 e. The van der Waals surface area contributed by atoms with Gasteiger partial charge in [-0.25, -0.2) is 9.97 Å². The molecule has 3 rings (SSSR count). The summed E-state index contributed by atoms with van der Waals surface area (Å²) < 4.78 is 0. The summed E-state index contributed by atoms with van der Waals surface area (Å²) in [4.78, 5) is 11.1. The van der Waals surface area contributed by atoms with E-state index < -0.39 is 0 Å². The highest BCUT2D eigenvalue weighted by Crippen LogP contribution is 2.33. The predicted octanol–water partition coefficient (Wildman–Crippen LogP) is 4.36. The van der Waals surface area contributed by atoms with Gasteiger partial charge >= 0.3 is 0 Å². The summed E-state index contributed by atoms with van der Waals surface area (Å²) in [6, 6.07) is 8.29. The average molecular weight is 269 g/mol. The standard InChI is InChI=1S/C15H15N3S/c1-9-5-4-6-12(7-9)18-14-13-10(2)11(3)19-15(13)17-8-16-14/h4-8H,1-3H3,(H,16,17,18). The number of aromatic nitrogens is 2. The fourth-order valence-electron chi connectivity index (χ4n) is 2.14. The first kappa shape index (κ1) is 12.1. The van der Waals surface area contributed by atoms with Crippen LogP contribution < -0.4 is 5.32 Å². The van der Waals surface area contributed by atoms with Crippen LogP contribution in [0.25, 0.3) is 10.2 Å². The molecular weight excluding hydrogens is 254 g/mol. The molecule has 0 radical (unpaired) electrons. The fraction of sp³-hybridized carbons (Fsp3) is 0.200. The van der Waals surface area contributed by atoms with Crippen LogP contribution in [0.3, 0.4) is 0 Å². The van der Waals surface area contributed by atoms with Gasteiger partial charge in [-0.15, -0.1) is 11.3 Å². The lowest BCUT2D eigenvalue weighted by Gasteiger charge is -2.07. The zero-order valence-corrected chi connectivity index (χ0v) is 12.0. The maximum atomic E-state index is 4.39. The van der Waals surface area contributed by atoms with E-state index in [4.69, 9.17) is 0 Å². The van der Waals surface area contributed by atoms with Crippen LogP contribution in [-0.4, -0.2) is 9.97 Å². The monoisotopic (exact) mass is 269 g/mol. The zero-order chi connectivity index (χ0) is 13.4. The summed E-state index contributed by atoms with van der Waals surface area (Å²) >= 11 is 1.72. The highest BCUT2D eigenvalue weighted by Gasteiger charge is 2.11. The van der Waals surface area contributed by atoms with Gasteiger partial charge in [0.2, 0.25) is 0 Å². The molecule has 0 saturated carbocycles. The van der Waals surface area contributed by atoms with Crippen LogP contribution in [0, 0.1) is 20.8 Å². The van der Waals surface area contributed by atoms with Crippen molar-refractivity contribution in [2.45, 2.75) is 20.8 Å². The van der Waals surface area contributed by atoms with Crippen molar-refractivity contribution in [3.05, 3.63) is 46.6 Å². The minimum Gasteiger partial charge on any atom is -0.340 e. The fourth-order valence-corrected chi connectivity index (χ4v) is 3.13. The number of hydrogen-bond donors (Lipinski definition) is 1. The van der Waals surface area contributed by atoms with Gasteiger partial charge in [-0.05, 0) is 44.0 Å². The molecule has 0 aliphatic carbocycles. The van der Waals surface area contributed by atoms with E-state index in [1.807, 2.05) is 6.07 Å². The van der Waals surface area contributed by atoms with E-state index in [0.29, 0.717) is 0 Å². The van der Waals surface area contributed by atoms with Crippen LogP contribution in [0.2, 0.25) is 0 Å². The number of nitrogens with one attached hydrogen (secondary N) is 1. The Morgan fingerprint density at radius 3 is 2.74 bits per heavy atom. The molecule has 96 valence electrons. The molecule has 3 aromatic rings. The second-order valence-electron chi connectivity index (χ2n) is 4.68. The van der Waals surface area contributed by atoms with E-state index in [9.17, 15) is 0 Å². The first-order valence-corrected chi connectivity index (χ1v) is 7.01. The molecule has 0 bridgehead atoms. The predicted molar refractivity (Wildman–Crippen MR) is 81.4 cm³/mol. The lowest BCUT2D eigenvalue weighted by Crippen LogP contribution is -1.95. The van der Waals surface area contributed by atoms with Crippen molar-refractivity contribution in [2.24, 2.45) is 0 Å². The van der Waals surface area contributed by atoms with Gasteiger partial charge in [0.15, 0.2) is 0 Å². The Balaban J connectivity index is 2.10. The van der Waals surface area contributed by atoms with E-state index in [1.165, 1.54) is 16.0 Å². The molecule has 3 nitrogen and oxygen atoms in total. The lowest BCUT2D eigenvalue weighted by molar-refractivity contribution is 1.22. The summed E-state index contributed by atoms with van der Waals surface area (Å²) in [5.41, 5.74) is 3.55. The van der Waals surface area contributed by atoms with Crippen LogP contribution in [-0.2, 0) is 0 Å². The first-order chi connectivity index (χ1) is 9.15. The van der Waals surface area contributed by atoms with E-state index in [1.54, 1.807) is 17.7 Å². The molecule has 0 saturated heterocycles. The highest BCUT2D eigenvalue weighted by atomic mass is 32.1. The van der Waals surface area contributed by atoms with E-state index >= 15 is 0 Å².